The molecular formula is C13H21N3O2. The second-order valence-electron chi connectivity index (χ2n) is 4.87. The molecule has 0 saturated heterocycles. The van der Waals surface area contributed by atoms with Crippen LogP contribution < -0.4 is 10.9 Å². The number of anilines is 1. The van der Waals surface area contributed by atoms with Crippen molar-refractivity contribution < 1.29 is 4.74 Å². The molecule has 100 valence electrons. The molecule has 1 aliphatic rings. The number of aryl methyl sites for hydroxylation is 1. The number of aromatic nitrogens is 2. The summed E-state index contributed by atoms with van der Waals surface area (Å²) in [5.41, 5.74) is -0.149. The van der Waals surface area contributed by atoms with E-state index in [1.54, 1.807) is 24.1 Å². The summed E-state index contributed by atoms with van der Waals surface area (Å²) in [5.74, 6) is 0.425. The Kier molecular flexibility index (Phi) is 4.01. The number of ether oxygens (including phenoxy) is 1. The minimum absolute atomic E-state index is 0.0510. The Labute approximate surface area is 107 Å². The van der Waals surface area contributed by atoms with E-state index in [0.717, 1.165) is 25.8 Å². The zero-order chi connectivity index (χ0) is 13.0. The van der Waals surface area contributed by atoms with Crippen molar-refractivity contribution in [2.24, 2.45) is 0 Å². The van der Waals surface area contributed by atoms with Gasteiger partial charge in [-0.05, 0) is 25.7 Å². The quantitative estimate of drug-likeness (QED) is 0.835. The van der Waals surface area contributed by atoms with Crippen LogP contribution in [0, 0.1) is 0 Å². The van der Waals surface area contributed by atoms with E-state index in [1.807, 2.05) is 6.92 Å². The summed E-state index contributed by atoms with van der Waals surface area (Å²) in [6, 6.07) is 0. The van der Waals surface area contributed by atoms with Crippen molar-refractivity contribution in [1.29, 1.82) is 0 Å². The first kappa shape index (κ1) is 13.1. The summed E-state index contributed by atoms with van der Waals surface area (Å²) in [7, 11) is 1.73. The van der Waals surface area contributed by atoms with Crippen LogP contribution in [0.4, 0.5) is 5.82 Å². The molecular weight excluding hydrogens is 230 g/mol. The monoisotopic (exact) mass is 251 g/mol. The Morgan fingerprint density at radius 1 is 1.56 bits per heavy atom. The van der Waals surface area contributed by atoms with Gasteiger partial charge in [-0.2, -0.15) is 0 Å². The van der Waals surface area contributed by atoms with Gasteiger partial charge in [-0.25, -0.2) is 4.98 Å². The van der Waals surface area contributed by atoms with Gasteiger partial charge >= 0.3 is 0 Å². The van der Waals surface area contributed by atoms with E-state index < -0.39 is 0 Å². The molecule has 1 N–H and O–H groups in total. The maximum atomic E-state index is 12.1. The van der Waals surface area contributed by atoms with Crippen LogP contribution in [0.25, 0.3) is 0 Å². The molecule has 0 amide bonds. The van der Waals surface area contributed by atoms with E-state index in [-0.39, 0.29) is 11.2 Å². The van der Waals surface area contributed by atoms with Gasteiger partial charge in [0.05, 0.1) is 5.60 Å². The highest BCUT2D eigenvalue weighted by Crippen LogP contribution is 2.34. The first-order valence-electron chi connectivity index (χ1n) is 6.55. The van der Waals surface area contributed by atoms with Crippen molar-refractivity contribution in [3.05, 3.63) is 22.7 Å². The fourth-order valence-corrected chi connectivity index (χ4v) is 2.25. The fourth-order valence-electron chi connectivity index (χ4n) is 2.25. The van der Waals surface area contributed by atoms with Gasteiger partial charge < -0.3 is 14.6 Å². The van der Waals surface area contributed by atoms with Crippen molar-refractivity contribution in [3.8, 4) is 0 Å². The second-order valence-corrected chi connectivity index (χ2v) is 4.87. The molecule has 2 rings (SSSR count). The topological polar surface area (TPSA) is 56.1 Å². The minimum Gasteiger partial charge on any atom is -0.376 e. The van der Waals surface area contributed by atoms with Gasteiger partial charge in [0, 0.05) is 32.6 Å². The largest absolute Gasteiger partial charge is 0.376 e. The average molecular weight is 251 g/mol. The van der Waals surface area contributed by atoms with Gasteiger partial charge in [-0.1, -0.05) is 6.92 Å². The zero-order valence-electron chi connectivity index (χ0n) is 11.1. The summed E-state index contributed by atoms with van der Waals surface area (Å²) in [5, 5.41) is 3.14. The third kappa shape index (κ3) is 2.56. The molecule has 0 radical (unpaired) electrons. The second kappa shape index (κ2) is 5.52. The predicted octanol–water partition coefficient (Wildman–Crippen LogP) is 1.63. The standard InChI is InChI=1S/C13H21N3O2/c1-3-8-16-9-7-14-11(12(16)17)15-10-13(18-2)5-4-6-13/h7,9H,3-6,8,10H2,1-2H3,(H,14,15). The van der Waals surface area contributed by atoms with Crippen LogP contribution in [-0.4, -0.2) is 28.8 Å². The summed E-state index contributed by atoms with van der Waals surface area (Å²) in [6.45, 7) is 3.43. The lowest BCUT2D eigenvalue weighted by molar-refractivity contribution is -0.0601. The number of nitrogens with zero attached hydrogens (tertiary/aromatic N) is 2. The molecule has 1 aromatic heterocycles. The third-order valence-electron chi connectivity index (χ3n) is 3.65. The van der Waals surface area contributed by atoms with Crippen LogP contribution in [0.15, 0.2) is 17.2 Å². The molecule has 5 heteroatoms. The summed E-state index contributed by atoms with van der Waals surface area (Å²) < 4.78 is 7.20. The Morgan fingerprint density at radius 2 is 2.33 bits per heavy atom. The van der Waals surface area contributed by atoms with Crippen LogP contribution in [0.5, 0.6) is 0 Å². The molecule has 0 aromatic carbocycles. The molecule has 0 aliphatic heterocycles. The maximum absolute atomic E-state index is 12.1. The zero-order valence-corrected chi connectivity index (χ0v) is 11.1. The highest BCUT2D eigenvalue weighted by molar-refractivity contribution is 5.31. The van der Waals surface area contributed by atoms with Gasteiger partial charge in [0.1, 0.15) is 0 Å². The third-order valence-corrected chi connectivity index (χ3v) is 3.65. The Hall–Kier alpha value is -1.36. The summed E-state index contributed by atoms with van der Waals surface area (Å²) in [6.07, 6.45) is 7.62. The number of hydrogen-bond donors (Lipinski definition) is 1. The molecule has 5 nitrogen and oxygen atoms in total. The van der Waals surface area contributed by atoms with Crippen molar-refractivity contribution in [2.45, 2.75) is 44.8 Å². The maximum Gasteiger partial charge on any atom is 0.293 e. The molecule has 0 unspecified atom stereocenters. The van der Waals surface area contributed by atoms with E-state index in [2.05, 4.69) is 10.3 Å². The van der Waals surface area contributed by atoms with Crippen molar-refractivity contribution in [3.63, 3.8) is 0 Å². The Morgan fingerprint density at radius 3 is 2.89 bits per heavy atom. The lowest BCUT2D eigenvalue weighted by Gasteiger charge is -2.40. The number of nitrogens with one attached hydrogen (secondary N) is 1. The van der Waals surface area contributed by atoms with Crippen LogP contribution in [0.1, 0.15) is 32.6 Å². The highest BCUT2D eigenvalue weighted by atomic mass is 16.5. The van der Waals surface area contributed by atoms with Gasteiger partial charge in [0.2, 0.25) is 0 Å². The first-order valence-corrected chi connectivity index (χ1v) is 6.55. The smallest absolute Gasteiger partial charge is 0.293 e. The van der Waals surface area contributed by atoms with Crippen molar-refractivity contribution in [2.75, 3.05) is 19.0 Å². The highest BCUT2D eigenvalue weighted by Gasteiger charge is 2.36. The first-order chi connectivity index (χ1) is 8.71. The minimum atomic E-state index is -0.0977. The van der Waals surface area contributed by atoms with E-state index in [4.69, 9.17) is 4.74 Å². The van der Waals surface area contributed by atoms with Crippen LogP contribution in [0.2, 0.25) is 0 Å². The van der Waals surface area contributed by atoms with Crippen LogP contribution in [-0.2, 0) is 11.3 Å². The molecule has 0 atom stereocenters. The molecule has 1 aliphatic carbocycles. The molecule has 18 heavy (non-hydrogen) atoms. The van der Waals surface area contributed by atoms with Crippen molar-refractivity contribution in [1.82, 2.24) is 9.55 Å². The van der Waals surface area contributed by atoms with Crippen LogP contribution in [0.3, 0.4) is 0 Å². The number of hydrogen-bond acceptors (Lipinski definition) is 4. The normalized spacial score (nSPS) is 17.2. The van der Waals surface area contributed by atoms with E-state index in [0.29, 0.717) is 12.4 Å². The predicted molar refractivity (Wildman–Crippen MR) is 70.9 cm³/mol. The Bertz CT molecular complexity index is 446. The average Bonchev–Trinajstić information content (AvgIpc) is 2.33. The molecule has 1 fully saturated rings. The number of methoxy groups -OCH3 is 1. The SMILES string of the molecule is CCCn1ccnc(NCC2(OC)CCC2)c1=O. The van der Waals surface area contributed by atoms with Crippen LogP contribution >= 0.6 is 0 Å². The molecule has 0 bridgehead atoms. The van der Waals surface area contributed by atoms with E-state index in [9.17, 15) is 4.79 Å². The van der Waals surface area contributed by atoms with Gasteiger partial charge in [-0.15, -0.1) is 0 Å². The number of rotatable bonds is 6. The molecule has 1 aromatic rings. The molecule has 1 saturated carbocycles. The fraction of sp³-hybridized carbons (Fsp3) is 0.692. The Balaban J connectivity index is 2.05. The van der Waals surface area contributed by atoms with Crippen molar-refractivity contribution >= 4 is 5.82 Å². The summed E-state index contributed by atoms with van der Waals surface area (Å²) in [4.78, 5) is 16.2. The lowest BCUT2D eigenvalue weighted by atomic mass is 9.80. The lowest BCUT2D eigenvalue weighted by Crippen LogP contribution is -2.46. The van der Waals surface area contributed by atoms with Gasteiger partial charge in [-0.3, -0.25) is 4.79 Å². The van der Waals surface area contributed by atoms with Gasteiger partial charge in [0.25, 0.3) is 5.56 Å². The molecule has 0 spiro atoms. The molecule has 1 heterocycles. The van der Waals surface area contributed by atoms with E-state index >= 15 is 0 Å². The van der Waals surface area contributed by atoms with E-state index in [1.165, 1.54) is 6.42 Å². The van der Waals surface area contributed by atoms with Gasteiger partial charge in [0.15, 0.2) is 5.82 Å². The summed E-state index contributed by atoms with van der Waals surface area (Å²) >= 11 is 0.